The van der Waals surface area contributed by atoms with Crippen LogP contribution in [-0.2, 0) is 4.79 Å². The molecule has 2 rings (SSSR count). The molecule has 8 heteroatoms. The van der Waals surface area contributed by atoms with Gasteiger partial charge in [0.1, 0.15) is 0 Å². The molecule has 0 aromatic heterocycles. The molecule has 0 aliphatic heterocycles. The lowest BCUT2D eigenvalue weighted by atomic mass is 10.1. The van der Waals surface area contributed by atoms with E-state index in [4.69, 9.17) is 0 Å². The number of halogens is 1. The number of likely N-dealkylation sites (N-methyl/N-ethyl adjacent to an activating group) is 1. The van der Waals surface area contributed by atoms with Gasteiger partial charge in [0.2, 0.25) is 11.7 Å². The van der Waals surface area contributed by atoms with Crippen molar-refractivity contribution in [3.8, 4) is 0 Å². The van der Waals surface area contributed by atoms with E-state index >= 15 is 0 Å². The summed E-state index contributed by atoms with van der Waals surface area (Å²) >= 11 is 0. The molecule has 27 heavy (non-hydrogen) atoms. The summed E-state index contributed by atoms with van der Waals surface area (Å²) in [6.07, 6.45) is 0. The highest BCUT2D eigenvalue weighted by atomic mass is 19.1. The highest BCUT2D eigenvalue weighted by molar-refractivity contribution is 6.00. The number of amides is 2. The molecule has 0 saturated heterocycles. The summed E-state index contributed by atoms with van der Waals surface area (Å²) in [7, 11) is 1.39. The minimum absolute atomic E-state index is 0.0684. The molecule has 0 saturated carbocycles. The first kappa shape index (κ1) is 20.0. The molecular weight excluding hydrogens is 353 g/mol. The van der Waals surface area contributed by atoms with Crippen LogP contribution in [0.5, 0.6) is 0 Å². The van der Waals surface area contributed by atoms with Crippen molar-refractivity contribution in [1.29, 1.82) is 0 Å². The molecule has 0 heterocycles. The Hall–Kier alpha value is -3.29. The van der Waals surface area contributed by atoms with Crippen LogP contribution in [0.25, 0.3) is 0 Å². The van der Waals surface area contributed by atoms with Crippen LogP contribution in [0.1, 0.15) is 27.0 Å². The normalized spacial score (nSPS) is 10.4. The second-order valence-electron chi connectivity index (χ2n) is 6.41. The van der Waals surface area contributed by atoms with Crippen molar-refractivity contribution in [2.75, 3.05) is 18.9 Å². The molecule has 0 radical (unpaired) electrons. The third-order valence-corrected chi connectivity index (χ3v) is 4.06. The van der Waals surface area contributed by atoms with Crippen LogP contribution < -0.4 is 5.32 Å². The number of nitro benzene ring substituents is 1. The Morgan fingerprint density at radius 2 is 1.74 bits per heavy atom. The standard InChI is InChI=1S/C19H20FN3O4/c1-11-7-12(2)18(13(3)8-11)21-17(24)10-22(4)19(25)14-5-6-15(20)16(9-14)23(26)27/h5-9H,10H2,1-4H3,(H,21,24). The van der Waals surface area contributed by atoms with Gasteiger partial charge in [-0.15, -0.1) is 0 Å². The van der Waals surface area contributed by atoms with Gasteiger partial charge in [0.05, 0.1) is 11.5 Å². The maximum atomic E-state index is 13.4. The van der Waals surface area contributed by atoms with Gasteiger partial charge in [0.25, 0.3) is 5.91 Å². The van der Waals surface area contributed by atoms with Crippen LogP contribution in [0.4, 0.5) is 15.8 Å². The molecule has 2 aromatic carbocycles. The van der Waals surface area contributed by atoms with Crippen LogP contribution in [0, 0.1) is 36.7 Å². The number of hydrogen-bond donors (Lipinski definition) is 1. The molecule has 0 atom stereocenters. The number of aryl methyl sites for hydroxylation is 3. The van der Waals surface area contributed by atoms with Gasteiger partial charge in [-0.3, -0.25) is 19.7 Å². The number of nitrogens with one attached hydrogen (secondary N) is 1. The van der Waals surface area contributed by atoms with Crippen molar-refractivity contribution in [2.45, 2.75) is 20.8 Å². The number of hydrogen-bond acceptors (Lipinski definition) is 4. The molecule has 2 aromatic rings. The zero-order valence-corrected chi connectivity index (χ0v) is 15.5. The van der Waals surface area contributed by atoms with Crippen molar-refractivity contribution in [2.24, 2.45) is 0 Å². The molecule has 0 spiro atoms. The Labute approximate surface area is 155 Å². The average Bonchev–Trinajstić information content (AvgIpc) is 2.57. The van der Waals surface area contributed by atoms with Gasteiger partial charge in [0.15, 0.2) is 0 Å². The summed E-state index contributed by atoms with van der Waals surface area (Å²) in [4.78, 5) is 35.7. The van der Waals surface area contributed by atoms with E-state index in [1.807, 2.05) is 32.9 Å². The van der Waals surface area contributed by atoms with Gasteiger partial charge >= 0.3 is 5.69 Å². The first-order valence-corrected chi connectivity index (χ1v) is 8.17. The van der Waals surface area contributed by atoms with Crippen LogP contribution in [-0.4, -0.2) is 35.2 Å². The molecule has 0 aliphatic rings. The molecule has 1 N–H and O–H groups in total. The third-order valence-electron chi connectivity index (χ3n) is 4.06. The Morgan fingerprint density at radius 1 is 1.15 bits per heavy atom. The fraction of sp³-hybridized carbons (Fsp3) is 0.263. The molecule has 2 amide bonds. The van der Waals surface area contributed by atoms with Crippen LogP contribution in [0.3, 0.4) is 0 Å². The van der Waals surface area contributed by atoms with E-state index in [0.29, 0.717) is 5.69 Å². The number of nitro groups is 1. The number of rotatable bonds is 5. The number of anilines is 1. The van der Waals surface area contributed by atoms with E-state index in [-0.39, 0.29) is 12.1 Å². The van der Waals surface area contributed by atoms with Crippen molar-refractivity contribution < 1.29 is 18.9 Å². The minimum Gasteiger partial charge on any atom is -0.332 e. The van der Waals surface area contributed by atoms with E-state index in [9.17, 15) is 24.1 Å². The molecule has 0 aliphatic carbocycles. The Bertz CT molecular complexity index is 904. The zero-order chi connectivity index (χ0) is 20.3. The Kier molecular flexibility index (Phi) is 5.89. The van der Waals surface area contributed by atoms with E-state index in [1.165, 1.54) is 7.05 Å². The second kappa shape index (κ2) is 7.94. The van der Waals surface area contributed by atoms with E-state index in [1.54, 1.807) is 0 Å². The van der Waals surface area contributed by atoms with E-state index < -0.39 is 28.2 Å². The number of carbonyl (C=O) groups is 2. The van der Waals surface area contributed by atoms with Crippen molar-refractivity contribution in [3.05, 3.63) is 68.5 Å². The lowest BCUT2D eigenvalue weighted by Gasteiger charge is -2.18. The fourth-order valence-corrected chi connectivity index (χ4v) is 2.85. The molecule has 0 fully saturated rings. The largest absolute Gasteiger partial charge is 0.332 e. The summed E-state index contributed by atoms with van der Waals surface area (Å²) in [5.74, 6) is -2.05. The van der Waals surface area contributed by atoms with Gasteiger partial charge in [-0.2, -0.15) is 4.39 Å². The summed E-state index contributed by atoms with van der Waals surface area (Å²) in [6, 6.07) is 6.75. The molecule has 0 bridgehead atoms. The Morgan fingerprint density at radius 3 is 2.30 bits per heavy atom. The van der Waals surface area contributed by atoms with Crippen LogP contribution >= 0.6 is 0 Å². The zero-order valence-electron chi connectivity index (χ0n) is 15.5. The van der Waals surface area contributed by atoms with Gasteiger partial charge in [-0.25, -0.2) is 0 Å². The number of nitrogens with zero attached hydrogens (tertiary/aromatic N) is 2. The summed E-state index contributed by atoms with van der Waals surface area (Å²) in [5, 5.41) is 13.6. The SMILES string of the molecule is Cc1cc(C)c(NC(=O)CN(C)C(=O)c2ccc(F)c([N+](=O)[O-])c2)c(C)c1. The van der Waals surface area contributed by atoms with Gasteiger partial charge < -0.3 is 10.2 Å². The summed E-state index contributed by atoms with van der Waals surface area (Å²) in [6.45, 7) is 5.46. The monoisotopic (exact) mass is 373 g/mol. The van der Waals surface area contributed by atoms with Gasteiger partial charge in [0, 0.05) is 24.4 Å². The Balaban J connectivity index is 2.12. The first-order chi connectivity index (χ1) is 12.6. The highest BCUT2D eigenvalue weighted by Gasteiger charge is 2.21. The topological polar surface area (TPSA) is 92.6 Å². The van der Waals surface area contributed by atoms with Gasteiger partial charge in [-0.1, -0.05) is 17.7 Å². The maximum Gasteiger partial charge on any atom is 0.305 e. The molecule has 0 unspecified atom stereocenters. The van der Waals surface area contributed by atoms with Crippen molar-refractivity contribution >= 4 is 23.2 Å². The average molecular weight is 373 g/mol. The first-order valence-electron chi connectivity index (χ1n) is 8.17. The van der Waals surface area contributed by atoms with Crippen LogP contribution in [0.2, 0.25) is 0 Å². The summed E-state index contributed by atoms with van der Waals surface area (Å²) in [5.41, 5.74) is 2.72. The second-order valence-corrected chi connectivity index (χ2v) is 6.41. The lowest BCUT2D eigenvalue weighted by molar-refractivity contribution is -0.387. The minimum atomic E-state index is -1.03. The third kappa shape index (κ3) is 4.66. The number of benzene rings is 2. The lowest BCUT2D eigenvalue weighted by Crippen LogP contribution is -2.35. The van der Waals surface area contributed by atoms with Gasteiger partial charge in [-0.05, 0) is 44.0 Å². The predicted molar refractivity (Wildman–Crippen MR) is 99.3 cm³/mol. The van der Waals surface area contributed by atoms with E-state index in [0.717, 1.165) is 39.8 Å². The van der Waals surface area contributed by atoms with E-state index in [2.05, 4.69) is 5.32 Å². The fourth-order valence-electron chi connectivity index (χ4n) is 2.85. The van der Waals surface area contributed by atoms with Crippen molar-refractivity contribution in [1.82, 2.24) is 4.90 Å². The summed E-state index contributed by atoms with van der Waals surface area (Å²) < 4.78 is 13.4. The molecule has 142 valence electrons. The molecule has 7 nitrogen and oxygen atoms in total. The highest BCUT2D eigenvalue weighted by Crippen LogP contribution is 2.22. The number of carbonyl (C=O) groups excluding carboxylic acids is 2. The predicted octanol–water partition coefficient (Wildman–Crippen LogP) is 3.37. The maximum absolute atomic E-state index is 13.4. The smallest absolute Gasteiger partial charge is 0.305 e. The quantitative estimate of drug-likeness (QED) is 0.642. The van der Waals surface area contributed by atoms with Crippen molar-refractivity contribution in [3.63, 3.8) is 0 Å². The van der Waals surface area contributed by atoms with Crippen LogP contribution in [0.15, 0.2) is 30.3 Å². The molecular formula is C19H20FN3O4.